The lowest BCUT2D eigenvalue weighted by molar-refractivity contribution is 0.101. The second-order valence-corrected chi connectivity index (χ2v) is 12.6. The van der Waals surface area contributed by atoms with Crippen molar-refractivity contribution in [2.75, 3.05) is 6.26 Å². The molecule has 0 saturated heterocycles. The first-order valence-electron chi connectivity index (χ1n) is 12.6. The van der Waals surface area contributed by atoms with Gasteiger partial charge in [-0.2, -0.15) is 0 Å². The van der Waals surface area contributed by atoms with Crippen molar-refractivity contribution in [1.82, 2.24) is 9.55 Å². The quantitative estimate of drug-likeness (QED) is 0.237. The van der Waals surface area contributed by atoms with E-state index in [-0.39, 0.29) is 23.7 Å². The van der Waals surface area contributed by atoms with Crippen LogP contribution < -0.4 is 5.56 Å². The average molecular weight is 533 g/mol. The molecule has 1 N–H and O–H groups in total. The smallest absolute Gasteiger partial charge is 0.255 e. The number of hydrogen-bond donors (Lipinski definition) is 1. The van der Waals surface area contributed by atoms with Gasteiger partial charge in [-0.15, -0.1) is 0 Å². The zero-order valence-corrected chi connectivity index (χ0v) is 23.0. The molecule has 0 radical (unpaired) electrons. The van der Waals surface area contributed by atoms with Gasteiger partial charge in [0.15, 0.2) is 5.78 Å². The molecule has 0 bridgehead atoms. The topological polar surface area (TPSA) is 71.9 Å². The molecule has 1 fully saturated rings. The summed E-state index contributed by atoms with van der Waals surface area (Å²) in [5, 5.41) is 1.29. The van der Waals surface area contributed by atoms with E-state index in [1.54, 1.807) is 42.8 Å². The highest BCUT2D eigenvalue weighted by Gasteiger charge is 2.27. The van der Waals surface area contributed by atoms with Gasteiger partial charge in [-0.3, -0.25) is 13.8 Å². The van der Waals surface area contributed by atoms with Crippen LogP contribution in [0.15, 0.2) is 65.6 Å². The minimum absolute atomic E-state index is 0.183. The highest BCUT2D eigenvalue weighted by Crippen LogP contribution is 2.38. The molecule has 38 heavy (non-hydrogen) atoms. The van der Waals surface area contributed by atoms with Crippen molar-refractivity contribution in [2.24, 2.45) is 0 Å². The molecule has 7 heteroatoms. The number of carbonyl (C=O) groups is 1. The van der Waals surface area contributed by atoms with Crippen molar-refractivity contribution in [3.05, 3.63) is 99.4 Å². The summed E-state index contributed by atoms with van der Waals surface area (Å²) in [5.41, 5.74) is 4.37. The maximum atomic E-state index is 14.5. The Kier molecular flexibility index (Phi) is 7.88. The molecule has 1 atom stereocenters. The first kappa shape index (κ1) is 27.3. The fourth-order valence-corrected chi connectivity index (χ4v) is 5.90. The van der Waals surface area contributed by atoms with E-state index in [0.717, 1.165) is 34.9 Å². The standard InChI is InChI=1S/C26H23FN2O2.C5H10OS/c1-4-8-18-12-13-22-23(16(18)2)24(20-10-7-14-28-26(20)31)25(17(3)30)29(22)15-19-9-5-6-11-21(19)27;1-7(2,6)5-3-4-5/h4-14H,15H2,1-3H3,(H,28,31);5H,1,3-4H2,2H3/b8-4-;. The summed E-state index contributed by atoms with van der Waals surface area (Å²) in [4.78, 5) is 28.3. The molecular weight excluding hydrogens is 499 g/mol. The van der Waals surface area contributed by atoms with Crippen molar-refractivity contribution in [1.29, 1.82) is 0 Å². The van der Waals surface area contributed by atoms with E-state index in [4.69, 9.17) is 0 Å². The lowest BCUT2D eigenvalue weighted by Crippen LogP contribution is -2.12. The largest absolute Gasteiger partial charge is 0.333 e. The second kappa shape index (κ2) is 11.0. The first-order chi connectivity index (χ1) is 18.0. The van der Waals surface area contributed by atoms with Crippen molar-refractivity contribution in [3.63, 3.8) is 0 Å². The first-order valence-corrected chi connectivity index (χ1v) is 14.8. The van der Waals surface area contributed by atoms with E-state index in [9.17, 15) is 18.2 Å². The third-order valence-corrected chi connectivity index (χ3v) is 8.70. The minimum Gasteiger partial charge on any atom is -0.333 e. The normalized spacial score (nSPS) is 14.8. The van der Waals surface area contributed by atoms with Crippen LogP contribution in [0.3, 0.4) is 0 Å². The van der Waals surface area contributed by atoms with Crippen LogP contribution in [0.2, 0.25) is 0 Å². The molecule has 2 aromatic heterocycles. The number of carbonyl (C=O) groups excluding carboxylic acids is 1. The maximum absolute atomic E-state index is 14.5. The fourth-order valence-electron chi connectivity index (χ4n) is 4.76. The van der Waals surface area contributed by atoms with Crippen molar-refractivity contribution in [3.8, 4) is 11.1 Å². The van der Waals surface area contributed by atoms with E-state index < -0.39 is 9.52 Å². The number of aryl methyl sites for hydroxylation is 1. The Morgan fingerprint density at radius 3 is 2.45 bits per heavy atom. The number of aromatic nitrogens is 2. The van der Waals surface area contributed by atoms with Crippen LogP contribution in [-0.4, -0.2) is 36.9 Å². The number of allylic oxidation sites excluding steroid dienone is 1. The molecule has 2 aromatic carbocycles. The van der Waals surface area contributed by atoms with Crippen LogP contribution in [0.4, 0.5) is 4.39 Å². The summed E-state index contributed by atoms with van der Waals surface area (Å²) in [6, 6.07) is 13.9. The highest BCUT2D eigenvalue weighted by molar-refractivity contribution is 8.00. The zero-order valence-electron chi connectivity index (χ0n) is 22.2. The van der Waals surface area contributed by atoms with Crippen LogP contribution in [0.1, 0.15) is 53.9 Å². The summed E-state index contributed by atoms with van der Waals surface area (Å²) in [6.07, 6.45) is 9.53. The Morgan fingerprint density at radius 2 is 1.89 bits per heavy atom. The van der Waals surface area contributed by atoms with Gasteiger partial charge in [0.1, 0.15) is 5.82 Å². The Balaban J connectivity index is 0.000000417. The number of nitrogens with zero attached hydrogens (tertiary/aromatic N) is 1. The number of nitrogens with one attached hydrogen (secondary N) is 1. The summed E-state index contributed by atoms with van der Waals surface area (Å²) in [6.45, 7) is 5.59. The summed E-state index contributed by atoms with van der Waals surface area (Å²) < 4.78 is 27.1. The van der Waals surface area contributed by atoms with Crippen molar-refractivity contribution < 1.29 is 13.4 Å². The molecule has 0 amide bonds. The SMILES string of the molecule is C/C=C\c1ccc2c(c1C)c(-c1ccc[nH]c1=O)c(C(C)=O)n2Cc1ccccc1F.C=S(C)(=O)C1CC1. The molecule has 1 aliphatic rings. The molecule has 1 unspecified atom stereocenters. The number of hydrogen-bond acceptors (Lipinski definition) is 3. The van der Waals surface area contributed by atoms with E-state index >= 15 is 0 Å². The van der Waals surface area contributed by atoms with Gasteiger partial charge in [0, 0.05) is 52.2 Å². The number of halogens is 1. The minimum atomic E-state index is -1.63. The van der Waals surface area contributed by atoms with Crippen molar-refractivity contribution >= 4 is 38.2 Å². The molecule has 0 spiro atoms. The third-order valence-electron chi connectivity index (χ3n) is 6.82. The van der Waals surface area contributed by atoms with Gasteiger partial charge in [-0.25, -0.2) is 4.39 Å². The van der Waals surface area contributed by atoms with Crippen LogP contribution in [0.25, 0.3) is 28.1 Å². The van der Waals surface area contributed by atoms with Crippen LogP contribution in [0, 0.1) is 12.7 Å². The van der Waals surface area contributed by atoms with Crippen LogP contribution in [-0.2, 0) is 16.1 Å². The molecule has 1 aliphatic carbocycles. The predicted molar refractivity (Wildman–Crippen MR) is 157 cm³/mol. The number of pyridine rings is 1. The van der Waals surface area contributed by atoms with E-state index in [1.807, 2.05) is 42.7 Å². The maximum Gasteiger partial charge on any atom is 0.255 e. The number of Topliss-reactive ketones (excluding diaryl/α,β-unsaturated/α-hetero) is 1. The van der Waals surface area contributed by atoms with E-state index in [0.29, 0.717) is 27.6 Å². The number of rotatable bonds is 6. The molecule has 0 aliphatic heterocycles. The lowest BCUT2D eigenvalue weighted by Gasteiger charge is -2.11. The Hall–Kier alpha value is -3.71. The van der Waals surface area contributed by atoms with Crippen molar-refractivity contribution in [2.45, 2.75) is 45.4 Å². The Labute approximate surface area is 223 Å². The lowest BCUT2D eigenvalue weighted by atomic mass is 9.96. The number of fused-ring (bicyclic) bond motifs is 1. The van der Waals surface area contributed by atoms with Gasteiger partial charge in [0.2, 0.25) is 0 Å². The second-order valence-electron chi connectivity index (χ2n) is 9.82. The number of ketones is 1. The number of benzene rings is 2. The molecule has 2 heterocycles. The molecule has 1 saturated carbocycles. The summed E-state index contributed by atoms with van der Waals surface area (Å²) >= 11 is 0. The van der Waals surface area contributed by atoms with E-state index in [2.05, 4.69) is 10.9 Å². The van der Waals surface area contributed by atoms with Crippen LogP contribution in [0.5, 0.6) is 0 Å². The van der Waals surface area contributed by atoms with Gasteiger partial charge in [0.25, 0.3) is 5.56 Å². The molecular formula is C31H33FN2O3S. The van der Waals surface area contributed by atoms with Gasteiger partial charge in [0.05, 0.1) is 12.2 Å². The zero-order chi connectivity index (χ0) is 27.6. The Morgan fingerprint density at radius 1 is 1.18 bits per heavy atom. The molecule has 198 valence electrons. The third kappa shape index (κ3) is 5.58. The number of aromatic amines is 1. The molecule has 5 rings (SSSR count). The van der Waals surface area contributed by atoms with Crippen LogP contribution >= 0.6 is 0 Å². The predicted octanol–water partition coefficient (Wildman–Crippen LogP) is 6.22. The van der Waals surface area contributed by atoms with Gasteiger partial charge in [-0.1, -0.05) is 36.4 Å². The van der Waals surface area contributed by atoms with E-state index in [1.165, 1.54) is 13.0 Å². The van der Waals surface area contributed by atoms with Gasteiger partial charge >= 0.3 is 0 Å². The number of H-pyrrole nitrogens is 1. The van der Waals surface area contributed by atoms with Gasteiger partial charge < -0.3 is 9.55 Å². The highest BCUT2D eigenvalue weighted by atomic mass is 32.2. The molecule has 5 nitrogen and oxygen atoms in total. The monoisotopic (exact) mass is 532 g/mol. The molecule has 4 aromatic rings. The summed E-state index contributed by atoms with van der Waals surface area (Å²) in [7, 11) is -1.63. The Bertz CT molecular complexity index is 1710. The fraction of sp³-hybridized carbons (Fsp3) is 0.258. The van der Waals surface area contributed by atoms with Gasteiger partial charge in [-0.05, 0) is 77.5 Å². The summed E-state index contributed by atoms with van der Waals surface area (Å²) in [5.74, 6) is 3.04. The average Bonchev–Trinajstić information content (AvgIpc) is 3.67.